The molecule has 0 saturated carbocycles. The number of nitriles is 1. The number of aryl methyl sites for hydroxylation is 2. The van der Waals surface area contributed by atoms with Crippen molar-refractivity contribution in [1.82, 2.24) is 9.97 Å². The Morgan fingerprint density at radius 1 is 1.17 bits per heavy atom. The van der Waals surface area contributed by atoms with Gasteiger partial charge in [0.1, 0.15) is 10.7 Å². The van der Waals surface area contributed by atoms with Crippen LogP contribution in [0.4, 0.5) is 5.69 Å². The van der Waals surface area contributed by atoms with Crippen molar-refractivity contribution >= 4 is 43.0 Å². The standard InChI is InChI=1S/C25H22N4O4S2/c1-4-29(18-10-6-5-7-11-18)35(32,33)19-12-8-9-17(13-19)22(30)20(14-26)23-27-24(31)21-15(2)16(3)34-25(21)28-23/h5-13,20H,4H2,1-3H3,(H,27,28,31). The summed E-state index contributed by atoms with van der Waals surface area (Å²) in [5, 5.41) is 10.2. The minimum absolute atomic E-state index is 0.0306. The zero-order valence-electron chi connectivity index (χ0n) is 19.3. The highest BCUT2D eigenvalue weighted by Gasteiger charge is 2.29. The number of ketones is 1. The van der Waals surface area contributed by atoms with Crippen LogP contribution in [0.2, 0.25) is 0 Å². The summed E-state index contributed by atoms with van der Waals surface area (Å²) < 4.78 is 28.0. The zero-order chi connectivity index (χ0) is 25.3. The Hall–Kier alpha value is -3.81. The molecule has 0 fully saturated rings. The molecule has 8 nitrogen and oxygen atoms in total. The normalized spacial score (nSPS) is 12.3. The average molecular weight is 507 g/mol. The number of aromatic amines is 1. The molecule has 1 N–H and O–H groups in total. The Morgan fingerprint density at radius 2 is 1.89 bits per heavy atom. The third kappa shape index (κ3) is 4.36. The predicted molar refractivity (Wildman–Crippen MR) is 135 cm³/mol. The summed E-state index contributed by atoms with van der Waals surface area (Å²) >= 11 is 1.32. The number of nitrogens with one attached hydrogen (secondary N) is 1. The predicted octanol–water partition coefficient (Wildman–Crippen LogP) is 4.31. The maximum atomic E-state index is 13.4. The number of rotatable bonds is 7. The molecule has 0 spiro atoms. The quantitative estimate of drug-likeness (QED) is 0.373. The van der Waals surface area contributed by atoms with Gasteiger partial charge in [0, 0.05) is 17.0 Å². The van der Waals surface area contributed by atoms with E-state index >= 15 is 0 Å². The molecule has 0 amide bonds. The lowest BCUT2D eigenvalue weighted by Crippen LogP contribution is -2.31. The minimum Gasteiger partial charge on any atom is -0.308 e. The molecular formula is C25H22N4O4S2. The van der Waals surface area contributed by atoms with E-state index in [1.165, 1.54) is 39.9 Å². The molecule has 0 aliphatic rings. The van der Waals surface area contributed by atoms with Gasteiger partial charge < -0.3 is 4.98 Å². The van der Waals surface area contributed by atoms with Crippen molar-refractivity contribution in [2.24, 2.45) is 0 Å². The second-order valence-electron chi connectivity index (χ2n) is 7.87. The van der Waals surface area contributed by atoms with Crippen LogP contribution < -0.4 is 9.86 Å². The number of Topliss-reactive ketones (excluding diaryl/α,β-unsaturated/α-hetero) is 1. The zero-order valence-corrected chi connectivity index (χ0v) is 20.9. The van der Waals surface area contributed by atoms with Crippen molar-refractivity contribution in [2.75, 3.05) is 10.8 Å². The molecule has 0 radical (unpaired) electrons. The molecule has 0 aliphatic carbocycles. The second-order valence-corrected chi connectivity index (χ2v) is 10.9. The highest BCUT2D eigenvalue weighted by Crippen LogP contribution is 2.28. The highest BCUT2D eigenvalue weighted by atomic mass is 32.2. The largest absolute Gasteiger partial charge is 0.308 e. The average Bonchev–Trinajstić information content (AvgIpc) is 3.14. The Kier molecular flexibility index (Phi) is 6.56. The van der Waals surface area contributed by atoms with Crippen molar-refractivity contribution < 1.29 is 13.2 Å². The first kappa shape index (κ1) is 24.3. The molecule has 1 atom stereocenters. The lowest BCUT2D eigenvalue weighted by atomic mass is 9.98. The molecule has 1 unspecified atom stereocenters. The first-order valence-corrected chi connectivity index (χ1v) is 13.1. The van der Waals surface area contributed by atoms with Crippen molar-refractivity contribution in [3.8, 4) is 6.07 Å². The maximum Gasteiger partial charge on any atom is 0.264 e. The van der Waals surface area contributed by atoms with Crippen LogP contribution >= 0.6 is 11.3 Å². The number of carbonyl (C=O) groups is 1. The number of anilines is 1. The Morgan fingerprint density at radius 3 is 2.54 bits per heavy atom. The van der Waals surface area contributed by atoms with Crippen LogP contribution in [-0.2, 0) is 10.0 Å². The van der Waals surface area contributed by atoms with Gasteiger partial charge in [-0.2, -0.15) is 5.26 Å². The van der Waals surface area contributed by atoms with E-state index in [-0.39, 0.29) is 22.8 Å². The first-order valence-electron chi connectivity index (χ1n) is 10.8. The van der Waals surface area contributed by atoms with Gasteiger partial charge in [0.15, 0.2) is 11.7 Å². The van der Waals surface area contributed by atoms with Gasteiger partial charge in [-0.25, -0.2) is 13.4 Å². The van der Waals surface area contributed by atoms with Gasteiger partial charge in [0.05, 0.1) is 22.0 Å². The number of para-hydroxylation sites is 1. The summed E-state index contributed by atoms with van der Waals surface area (Å²) in [6.45, 7) is 5.60. The Bertz CT molecular complexity index is 1630. The number of aromatic nitrogens is 2. The lowest BCUT2D eigenvalue weighted by Gasteiger charge is -2.23. The Balaban J connectivity index is 1.73. The molecule has 2 aromatic carbocycles. The number of nitrogens with zero attached hydrogens (tertiary/aromatic N) is 3. The van der Waals surface area contributed by atoms with Crippen molar-refractivity contribution in [3.63, 3.8) is 0 Å². The van der Waals surface area contributed by atoms with Crippen LogP contribution in [0.1, 0.15) is 39.5 Å². The van der Waals surface area contributed by atoms with Gasteiger partial charge in [0.2, 0.25) is 0 Å². The fraction of sp³-hybridized carbons (Fsp3) is 0.200. The molecule has 35 heavy (non-hydrogen) atoms. The van der Waals surface area contributed by atoms with Gasteiger partial charge in [0.25, 0.3) is 15.6 Å². The van der Waals surface area contributed by atoms with E-state index in [0.717, 1.165) is 10.4 Å². The summed E-state index contributed by atoms with van der Waals surface area (Å²) in [7, 11) is -3.97. The second kappa shape index (κ2) is 9.44. The number of sulfonamides is 1. The molecule has 10 heteroatoms. The summed E-state index contributed by atoms with van der Waals surface area (Å²) in [5.74, 6) is -2.12. The monoisotopic (exact) mass is 506 g/mol. The van der Waals surface area contributed by atoms with E-state index in [0.29, 0.717) is 15.9 Å². The van der Waals surface area contributed by atoms with Gasteiger partial charge in [-0.3, -0.25) is 13.9 Å². The number of fused-ring (bicyclic) bond motifs is 1. The van der Waals surface area contributed by atoms with E-state index in [2.05, 4.69) is 9.97 Å². The number of H-pyrrole nitrogens is 1. The molecule has 0 aliphatic heterocycles. The van der Waals surface area contributed by atoms with Gasteiger partial charge in [-0.15, -0.1) is 11.3 Å². The van der Waals surface area contributed by atoms with Crippen LogP contribution in [0.25, 0.3) is 10.2 Å². The van der Waals surface area contributed by atoms with Crippen LogP contribution in [0.5, 0.6) is 0 Å². The Labute approximate surface area is 206 Å². The third-order valence-electron chi connectivity index (χ3n) is 5.76. The fourth-order valence-corrected chi connectivity index (χ4v) is 6.40. The molecule has 0 bridgehead atoms. The maximum absolute atomic E-state index is 13.4. The van der Waals surface area contributed by atoms with Crippen LogP contribution in [-0.4, -0.2) is 30.7 Å². The van der Waals surface area contributed by atoms with E-state index in [9.17, 15) is 23.3 Å². The number of carbonyl (C=O) groups excluding carboxylic acids is 1. The summed E-state index contributed by atoms with van der Waals surface area (Å²) in [5.41, 5.74) is 0.917. The van der Waals surface area contributed by atoms with E-state index < -0.39 is 27.3 Å². The van der Waals surface area contributed by atoms with E-state index in [1.807, 2.05) is 19.9 Å². The number of hydrogen-bond donors (Lipinski definition) is 1. The highest BCUT2D eigenvalue weighted by molar-refractivity contribution is 7.92. The lowest BCUT2D eigenvalue weighted by molar-refractivity contribution is 0.0976. The van der Waals surface area contributed by atoms with Gasteiger partial charge >= 0.3 is 0 Å². The smallest absolute Gasteiger partial charge is 0.264 e. The SMILES string of the molecule is CCN(c1ccccc1)S(=O)(=O)c1cccc(C(=O)C(C#N)c2nc3sc(C)c(C)c3c(=O)[nH]2)c1. The van der Waals surface area contributed by atoms with Crippen molar-refractivity contribution in [3.05, 3.63) is 86.8 Å². The molecule has 4 aromatic rings. The van der Waals surface area contributed by atoms with E-state index in [4.69, 9.17) is 0 Å². The van der Waals surface area contributed by atoms with Crippen LogP contribution in [0.15, 0.2) is 64.3 Å². The number of hydrogen-bond acceptors (Lipinski definition) is 7. The molecule has 2 heterocycles. The number of benzene rings is 2. The van der Waals surface area contributed by atoms with Crippen LogP contribution in [0.3, 0.4) is 0 Å². The van der Waals surface area contributed by atoms with Gasteiger partial charge in [-0.1, -0.05) is 30.3 Å². The number of thiophene rings is 1. The molecule has 4 rings (SSSR count). The summed E-state index contributed by atoms with van der Waals surface area (Å²) in [4.78, 5) is 34.2. The molecule has 178 valence electrons. The molecule has 2 aromatic heterocycles. The summed E-state index contributed by atoms with van der Waals surface area (Å²) in [6.07, 6.45) is 0. The van der Waals surface area contributed by atoms with Gasteiger partial charge in [-0.05, 0) is 50.6 Å². The third-order valence-corrected chi connectivity index (χ3v) is 8.76. The summed E-state index contributed by atoms with van der Waals surface area (Å²) in [6, 6.07) is 16.1. The molecular weight excluding hydrogens is 484 g/mol. The van der Waals surface area contributed by atoms with Crippen LogP contribution in [0, 0.1) is 25.2 Å². The molecule has 0 saturated heterocycles. The minimum atomic E-state index is -3.97. The van der Waals surface area contributed by atoms with Crippen molar-refractivity contribution in [2.45, 2.75) is 31.6 Å². The topological polar surface area (TPSA) is 124 Å². The first-order chi connectivity index (χ1) is 16.7. The van der Waals surface area contributed by atoms with E-state index in [1.54, 1.807) is 37.3 Å². The van der Waals surface area contributed by atoms with Crippen molar-refractivity contribution in [1.29, 1.82) is 5.26 Å². The fourth-order valence-electron chi connectivity index (χ4n) is 3.84.